The van der Waals surface area contributed by atoms with Crippen molar-refractivity contribution < 1.29 is 9.53 Å². The van der Waals surface area contributed by atoms with Crippen molar-refractivity contribution in [2.45, 2.75) is 45.6 Å². The topological polar surface area (TPSA) is 29.5 Å². The zero-order valence-corrected chi connectivity index (χ0v) is 15.0. The van der Waals surface area contributed by atoms with E-state index < -0.39 is 5.60 Å². The maximum absolute atomic E-state index is 12.2. The fourth-order valence-corrected chi connectivity index (χ4v) is 4.15. The van der Waals surface area contributed by atoms with Gasteiger partial charge in [-0.2, -0.15) is 0 Å². The van der Waals surface area contributed by atoms with E-state index in [2.05, 4.69) is 12.1 Å². The van der Waals surface area contributed by atoms with Gasteiger partial charge in [-0.15, -0.1) is 0 Å². The maximum Gasteiger partial charge on any atom is 0.410 e. The number of nitrogens with zero attached hydrogens (tertiary/aromatic N) is 1. The molecule has 1 heterocycles. The molecular weight excluding hydrogens is 310 g/mol. The third-order valence-corrected chi connectivity index (χ3v) is 5.19. The highest BCUT2D eigenvalue weighted by molar-refractivity contribution is 6.30. The molecule has 2 aliphatic rings. The first kappa shape index (κ1) is 16.6. The van der Waals surface area contributed by atoms with E-state index in [4.69, 9.17) is 16.3 Å². The Morgan fingerprint density at radius 2 is 1.74 bits per heavy atom. The van der Waals surface area contributed by atoms with Crippen molar-refractivity contribution in [3.8, 4) is 0 Å². The van der Waals surface area contributed by atoms with E-state index in [-0.39, 0.29) is 6.09 Å². The number of likely N-dealkylation sites (tertiary alicyclic amines) is 1. The summed E-state index contributed by atoms with van der Waals surface area (Å²) in [6.45, 7) is 7.48. The lowest BCUT2D eigenvalue weighted by molar-refractivity contribution is 0.0277. The highest BCUT2D eigenvalue weighted by Crippen LogP contribution is 2.43. The summed E-state index contributed by atoms with van der Waals surface area (Å²) in [7, 11) is 0. The Morgan fingerprint density at radius 3 is 2.26 bits per heavy atom. The number of benzene rings is 1. The van der Waals surface area contributed by atoms with Gasteiger partial charge in [0.2, 0.25) is 0 Å². The number of halogens is 1. The lowest BCUT2D eigenvalue weighted by Crippen LogP contribution is -2.36. The monoisotopic (exact) mass is 335 g/mol. The molecule has 0 bridgehead atoms. The number of carbonyl (C=O) groups excluding carboxylic acids is 1. The van der Waals surface area contributed by atoms with E-state index in [1.54, 1.807) is 0 Å². The molecule has 1 aliphatic heterocycles. The van der Waals surface area contributed by atoms with Crippen LogP contribution in [0.2, 0.25) is 5.02 Å². The number of amides is 1. The SMILES string of the molecule is CC(C)(C)OC(=O)N1C[C@H]2CC(Cc3ccc(Cl)cc3)C[C@@H]2C1. The fraction of sp³-hybridized carbons (Fsp3) is 0.632. The Labute approximate surface area is 144 Å². The van der Waals surface area contributed by atoms with Crippen molar-refractivity contribution in [3.63, 3.8) is 0 Å². The summed E-state index contributed by atoms with van der Waals surface area (Å²) in [4.78, 5) is 14.1. The minimum absolute atomic E-state index is 0.152. The molecule has 1 aromatic rings. The second-order valence-corrected chi connectivity index (χ2v) is 8.51. The van der Waals surface area contributed by atoms with Crippen molar-refractivity contribution in [3.05, 3.63) is 34.9 Å². The zero-order valence-electron chi connectivity index (χ0n) is 14.2. The minimum atomic E-state index is -0.411. The van der Waals surface area contributed by atoms with Gasteiger partial charge in [0, 0.05) is 18.1 Å². The Kier molecular flexibility index (Phi) is 4.59. The van der Waals surface area contributed by atoms with Crippen molar-refractivity contribution in [2.24, 2.45) is 17.8 Å². The highest BCUT2D eigenvalue weighted by Gasteiger charge is 2.43. The molecule has 0 spiro atoms. The Hall–Kier alpha value is -1.22. The van der Waals surface area contributed by atoms with Crippen LogP contribution in [0.3, 0.4) is 0 Å². The molecule has 3 rings (SSSR count). The van der Waals surface area contributed by atoms with Gasteiger partial charge in [-0.3, -0.25) is 0 Å². The fourth-order valence-electron chi connectivity index (χ4n) is 4.02. The summed E-state index contributed by atoms with van der Waals surface area (Å²) in [6.07, 6.45) is 3.40. The molecule has 1 saturated heterocycles. The van der Waals surface area contributed by atoms with Crippen LogP contribution in [0.15, 0.2) is 24.3 Å². The number of rotatable bonds is 2. The summed E-state index contributed by atoms with van der Waals surface area (Å²) in [5.74, 6) is 2.01. The molecule has 1 saturated carbocycles. The number of hydrogen-bond acceptors (Lipinski definition) is 2. The second-order valence-electron chi connectivity index (χ2n) is 8.07. The Balaban J connectivity index is 1.51. The number of fused-ring (bicyclic) bond motifs is 1. The molecule has 0 N–H and O–H groups in total. The average Bonchev–Trinajstić information content (AvgIpc) is 2.97. The average molecular weight is 336 g/mol. The second kappa shape index (κ2) is 6.35. The number of carbonyl (C=O) groups is 1. The van der Waals surface area contributed by atoms with Crippen molar-refractivity contribution in [2.75, 3.05) is 13.1 Å². The molecule has 0 aromatic heterocycles. The summed E-state index contributed by atoms with van der Waals surface area (Å²) >= 11 is 5.95. The minimum Gasteiger partial charge on any atom is -0.444 e. The normalized spacial score (nSPS) is 24.8. The summed E-state index contributed by atoms with van der Waals surface area (Å²) in [5.41, 5.74) is 0.953. The van der Waals surface area contributed by atoms with Crippen LogP contribution in [-0.4, -0.2) is 29.7 Å². The first-order valence-corrected chi connectivity index (χ1v) is 8.90. The van der Waals surface area contributed by atoms with E-state index in [0.717, 1.165) is 30.5 Å². The molecule has 0 unspecified atom stereocenters. The van der Waals surface area contributed by atoms with E-state index >= 15 is 0 Å². The maximum atomic E-state index is 12.2. The van der Waals surface area contributed by atoms with Crippen LogP contribution in [0.1, 0.15) is 39.2 Å². The lowest BCUT2D eigenvalue weighted by Gasteiger charge is -2.25. The van der Waals surface area contributed by atoms with Crippen LogP contribution in [-0.2, 0) is 11.2 Å². The molecule has 0 radical (unpaired) electrons. The molecular formula is C19H26ClNO2. The Bertz CT molecular complexity index is 550. The van der Waals surface area contributed by atoms with Gasteiger partial charge in [-0.05, 0) is 75.5 Å². The first-order valence-electron chi connectivity index (χ1n) is 8.52. The molecule has 1 aromatic carbocycles. The zero-order chi connectivity index (χ0) is 16.6. The Morgan fingerprint density at radius 1 is 1.17 bits per heavy atom. The molecule has 1 amide bonds. The van der Waals surface area contributed by atoms with Crippen LogP contribution in [0.25, 0.3) is 0 Å². The standard InChI is InChI=1S/C19H26ClNO2/c1-19(2,3)23-18(22)21-11-15-9-14(10-16(15)12-21)8-13-4-6-17(20)7-5-13/h4-7,14-16H,8-12H2,1-3H3/t15-,16-/m1/s1. The van der Waals surface area contributed by atoms with Gasteiger partial charge >= 0.3 is 6.09 Å². The van der Waals surface area contributed by atoms with Gasteiger partial charge < -0.3 is 9.64 Å². The van der Waals surface area contributed by atoms with E-state index in [1.807, 2.05) is 37.8 Å². The number of hydrogen-bond donors (Lipinski definition) is 0. The van der Waals surface area contributed by atoms with Crippen LogP contribution in [0.4, 0.5) is 4.79 Å². The molecule has 4 heteroatoms. The molecule has 1 aliphatic carbocycles. The van der Waals surface area contributed by atoms with Gasteiger partial charge in [0.15, 0.2) is 0 Å². The summed E-state index contributed by atoms with van der Waals surface area (Å²) in [6, 6.07) is 8.20. The largest absolute Gasteiger partial charge is 0.444 e. The summed E-state index contributed by atoms with van der Waals surface area (Å²) in [5, 5.41) is 0.796. The van der Waals surface area contributed by atoms with Crippen LogP contribution in [0.5, 0.6) is 0 Å². The van der Waals surface area contributed by atoms with Gasteiger partial charge in [0.05, 0.1) is 0 Å². The van der Waals surface area contributed by atoms with Crippen molar-refractivity contribution >= 4 is 17.7 Å². The molecule has 126 valence electrons. The van der Waals surface area contributed by atoms with E-state index in [0.29, 0.717) is 11.8 Å². The molecule has 3 nitrogen and oxygen atoms in total. The third kappa shape index (κ3) is 4.20. The van der Waals surface area contributed by atoms with Crippen LogP contribution in [0, 0.1) is 17.8 Å². The number of ether oxygens (including phenoxy) is 1. The van der Waals surface area contributed by atoms with E-state index in [9.17, 15) is 4.79 Å². The first-order chi connectivity index (χ1) is 10.8. The van der Waals surface area contributed by atoms with Gasteiger partial charge in [0.25, 0.3) is 0 Å². The lowest BCUT2D eigenvalue weighted by atomic mass is 9.96. The molecule has 2 fully saturated rings. The third-order valence-electron chi connectivity index (χ3n) is 4.94. The summed E-state index contributed by atoms with van der Waals surface area (Å²) < 4.78 is 5.50. The predicted molar refractivity (Wildman–Crippen MR) is 92.7 cm³/mol. The smallest absolute Gasteiger partial charge is 0.410 e. The van der Waals surface area contributed by atoms with Gasteiger partial charge in [-0.25, -0.2) is 4.79 Å². The van der Waals surface area contributed by atoms with Gasteiger partial charge in [0.1, 0.15) is 5.60 Å². The van der Waals surface area contributed by atoms with Crippen molar-refractivity contribution in [1.29, 1.82) is 0 Å². The molecule has 23 heavy (non-hydrogen) atoms. The van der Waals surface area contributed by atoms with E-state index in [1.165, 1.54) is 18.4 Å². The van der Waals surface area contributed by atoms with Crippen LogP contribution >= 0.6 is 11.6 Å². The highest BCUT2D eigenvalue weighted by atomic mass is 35.5. The predicted octanol–water partition coefficient (Wildman–Crippen LogP) is 4.78. The molecule has 2 atom stereocenters. The van der Waals surface area contributed by atoms with Crippen LogP contribution < -0.4 is 0 Å². The van der Waals surface area contributed by atoms with Crippen molar-refractivity contribution in [1.82, 2.24) is 4.90 Å². The quantitative estimate of drug-likeness (QED) is 0.778. The van der Waals surface area contributed by atoms with Gasteiger partial charge in [-0.1, -0.05) is 23.7 Å².